The van der Waals surface area contributed by atoms with Crippen LogP contribution in [0.1, 0.15) is 52.9 Å². The third kappa shape index (κ3) is 5.53. The molecule has 0 radical (unpaired) electrons. The highest BCUT2D eigenvalue weighted by atomic mass is 14.9. The van der Waals surface area contributed by atoms with Gasteiger partial charge in [0.2, 0.25) is 0 Å². The predicted octanol–water partition coefficient (Wildman–Crippen LogP) is 2.53. The van der Waals surface area contributed by atoms with Crippen LogP contribution in [0.25, 0.3) is 0 Å². The molecule has 0 spiro atoms. The van der Waals surface area contributed by atoms with Crippen LogP contribution in [0.4, 0.5) is 0 Å². The Labute approximate surface area is 95.0 Å². The van der Waals surface area contributed by atoms with Crippen molar-refractivity contribution in [2.75, 3.05) is 19.6 Å². The number of hydrogen-bond acceptors (Lipinski definition) is 2. The fraction of sp³-hybridized carbons (Fsp3) is 1.00. The van der Waals surface area contributed by atoms with E-state index in [-0.39, 0.29) is 0 Å². The molecule has 3 N–H and O–H groups in total. The second-order valence-corrected chi connectivity index (χ2v) is 6.29. The zero-order chi connectivity index (χ0) is 11.4. The zero-order valence-electron chi connectivity index (χ0n) is 10.7. The van der Waals surface area contributed by atoms with E-state index in [9.17, 15) is 0 Å². The number of hydrogen-bond donors (Lipinski definition) is 2. The Kier molecular flexibility index (Phi) is 4.60. The summed E-state index contributed by atoms with van der Waals surface area (Å²) in [6, 6.07) is 0. The maximum absolute atomic E-state index is 5.59. The van der Waals surface area contributed by atoms with Crippen LogP contribution in [0.3, 0.4) is 0 Å². The minimum Gasteiger partial charge on any atom is -0.330 e. The average molecular weight is 212 g/mol. The summed E-state index contributed by atoms with van der Waals surface area (Å²) in [5, 5.41) is 3.57. The van der Waals surface area contributed by atoms with Crippen molar-refractivity contribution >= 4 is 0 Å². The van der Waals surface area contributed by atoms with Gasteiger partial charge < -0.3 is 11.1 Å². The van der Waals surface area contributed by atoms with Crippen LogP contribution in [0.2, 0.25) is 0 Å². The van der Waals surface area contributed by atoms with Gasteiger partial charge in [0, 0.05) is 6.54 Å². The summed E-state index contributed by atoms with van der Waals surface area (Å²) in [6.45, 7) is 10.2. The van der Waals surface area contributed by atoms with E-state index in [2.05, 4.69) is 26.1 Å². The summed E-state index contributed by atoms with van der Waals surface area (Å²) in [4.78, 5) is 0. The Morgan fingerprint density at radius 3 is 2.47 bits per heavy atom. The van der Waals surface area contributed by atoms with Crippen LogP contribution in [0.15, 0.2) is 0 Å². The molecule has 90 valence electrons. The van der Waals surface area contributed by atoms with Gasteiger partial charge in [0.15, 0.2) is 0 Å². The molecule has 0 aromatic heterocycles. The summed E-state index contributed by atoms with van der Waals surface area (Å²) in [5.41, 5.74) is 6.67. The van der Waals surface area contributed by atoms with E-state index >= 15 is 0 Å². The summed E-state index contributed by atoms with van der Waals surface area (Å²) in [6.07, 6.45) is 6.54. The molecule has 1 aliphatic carbocycles. The monoisotopic (exact) mass is 212 g/mol. The lowest BCUT2D eigenvalue weighted by Gasteiger charge is -2.23. The van der Waals surface area contributed by atoms with Crippen molar-refractivity contribution in [1.29, 1.82) is 0 Å². The van der Waals surface area contributed by atoms with E-state index in [1.54, 1.807) is 0 Å². The topological polar surface area (TPSA) is 38.0 Å². The molecule has 15 heavy (non-hydrogen) atoms. The molecule has 0 aliphatic heterocycles. The maximum atomic E-state index is 5.59. The van der Waals surface area contributed by atoms with E-state index in [4.69, 9.17) is 5.73 Å². The van der Waals surface area contributed by atoms with Crippen molar-refractivity contribution in [3.8, 4) is 0 Å². The molecule has 0 unspecified atom stereocenters. The van der Waals surface area contributed by atoms with Gasteiger partial charge in [-0.25, -0.2) is 0 Å². The number of rotatable bonds is 8. The first-order chi connectivity index (χ1) is 6.97. The van der Waals surface area contributed by atoms with E-state index in [1.165, 1.54) is 38.8 Å². The molecule has 0 saturated heterocycles. The molecule has 0 aromatic rings. The van der Waals surface area contributed by atoms with Crippen molar-refractivity contribution in [3.63, 3.8) is 0 Å². The Balaban J connectivity index is 1.96. The minimum atomic E-state index is 0.430. The van der Waals surface area contributed by atoms with Gasteiger partial charge >= 0.3 is 0 Å². The highest BCUT2D eigenvalue weighted by molar-refractivity contribution is 4.90. The van der Waals surface area contributed by atoms with Crippen LogP contribution >= 0.6 is 0 Å². The van der Waals surface area contributed by atoms with Gasteiger partial charge in [-0.1, -0.05) is 20.8 Å². The Bertz CT molecular complexity index is 183. The minimum absolute atomic E-state index is 0.430. The first-order valence-electron chi connectivity index (χ1n) is 6.38. The van der Waals surface area contributed by atoms with Crippen molar-refractivity contribution in [1.82, 2.24) is 5.32 Å². The molecule has 1 fully saturated rings. The van der Waals surface area contributed by atoms with Crippen molar-refractivity contribution < 1.29 is 0 Å². The molecule has 1 aliphatic rings. The third-order valence-corrected chi connectivity index (χ3v) is 3.68. The number of nitrogens with two attached hydrogens (primary N) is 1. The van der Waals surface area contributed by atoms with Gasteiger partial charge in [0.1, 0.15) is 0 Å². The van der Waals surface area contributed by atoms with Crippen molar-refractivity contribution in [2.45, 2.75) is 52.9 Å². The molecule has 0 aromatic carbocycles. The van der Waals surface area contributed by atoms with Crippen LogP contribution in [-0.4, -0.2) is 19.6 Å². The molecule has 1 rings (SSSR count). The molecule has 0 heterocycles. The van der Waals surface area contributed by atoms with E-state index in [0.717, 1.165) is 13.0 Å². The standard InChI is InChI=1S/C13H28N2/c1-12(2,8-9-14)5-4-10-15-11-13(3)6-7-13/h15H,4-11,14H2,1-3H3. The Hall–Kier alpha value is -0.0800. The van der Waals surface area contributed by atoms with Crippen molar-refractivity contribution in [2.24, 2.45) is 16.6 Å². The van der Waals surface area contributed by atoms with Gasteiger partial charge in [-0.3, -0.25) is 0 Å². The van der Waals surface area contributed by atoms with Gasteiger partial charge in [0.25, 0.3) is 0 Å². The van der Waals surface area contributed by atoms with Gasteiger partial charge in [-0.05, 0) is 56.0 Å². The smallest absolute Gasteiger partial charge is 0.000517 e. The Morgan fingerprint density at radius 1 is 1.27 bits per heavy atom. The fourth-order valence-corrected chi connectivity index (χ4v) is 1.99. The van der Waals surface area contributed by atoms with Gasteiger partial charge in [-0.15, -0.1) is 0 Å². The van der Waals surface area contributed by atoms with Crippen molar-refractivity contribution in [3.05, 3.63) is 0 Å². The van der Waals surface area contributed by atoms with Crippen LogP contribution < -0.4 is 11.1 Å². The lowest BCUT2D eigenvalue weighted by atomic mass is 9.84. The van der Waals surface area contributed by atoms with E-state index < -0.39 is 0 Å². The van der Waals surface area contributed by atoms with E-state index in [0.29, 0.717) is 10.8 Å². The average Bonchev–Trinajstić information content (AvgIpc) is 2.83. The quantitative estimate of drug-likeness (QED) is 0.607. The highest BCUT2D eigenvalue weighted by Gasteiger charge is 2.36. The highest BCUT2D eigenvalue weighted by Crippen LogP contribution is 2.44. The molecular formula is C13H28N2. The fourth-order valence-electron chi connectivity index (χ4n) is 1.99. The lowest BCUT2D eigenvalue weighted by molar-refractivity contribution is 0.300. The van der Waals surface area contributed by atoms with E-state index in [1.807, 2.05) is 0 Å². The predicted molar refractivity (Wildman–Crippen MR) is 66.9 cm³/mol. The molecule has 0 amide bonds. The van der Waals surface area contributed by atoms with Crippen LogP contribution in [0, 0.1) is 10.8 Å². The normalized spacial score (nSPS) is 19.2. The molecule has 0 atom stereocenters. The molecule has 1 saturated carbocycles. The van der Waals surface area contributed by atoms with Gasteiger partial charge in [0.05, 0.1) is 0 Å². The summed E-state index contributed by atoms with van der Waals surface area (Å²) >= 11 is 0. The number of nitrogens with one attached hydrogen (secondary N) is 1. The van der Waals surface area contributed by atoms with Crippen LogP contribution in [0.5, 0.6) is 0 Å². The lowest BCUT2D eigenvalue weighted by Crippen LogP contribution is -2.25. The van der Waals surface area contributed by atoms with Crippen LogP contribution in [-0.2, 0) is 0 Å². The second kappa shape index (κ2) is 5.31. The summed E-state index contributed by atoms with van der Waals surface area (Å²) in [5.74, 6) is 0. The first-order valence-corrected chi connectivity index (χ1v) is 6.38. The summed E-state index contributed by atoms with van der Waals surface area (Å²) in [7, 11) is 0. The molecular weight excluding hydrogens is 184 g/mol. The largest absolute Gasteiger partial charge is 0.330 e. The summed E-state index contributed by atoms with van der Waals surface area (Å²) < 4.78 is 0. The molecule has 0 bridgehead atoms. The molecule has 2 nitrogen and oxygen atoms in total. The third-order valence-electron chi connectivity index (χ3n) is 3.68. The maximum Gasteiger partial charge on any atom is 0.000517 e. The Morgan fingerprint density at radius 2 is 1.93 bits per heavy atom. The SMILES string of the molecule is CC(C)(CCN)CCCNCC1(C)CC1. The first kappa shape index (κ1) is 13.0. The molecule has 2 heteroatoms. The second-order valence-electron chi connectivity index (χ2n) is 6.29. The van der Waals surface area contributed by atoms with Gasteiger partial charge in [-0.2, -0.15) is 0 Å². The zero-order valence-corrected chi connectivity index (χ0v) is 10.7.